The first-order valence-corrected chi connectivity index (χ1v) is 17.2. The molecule has 292 valence electrons. The Labute approximate surface area is 319 Å². The topological polar surface area (TPSA) is 142 Å². The van der Waals surface area contributed by atoms with Crippen LogP contribution in [-0.2, 0) is 19.1 Å². The molecule has 0 aliphatic heterocycles. The number of carbonyl (C=O) groups is 3. The van der Waals surface area contributed by atoms with Crippen molar-refractivity contribution >= 4 is 29.2 Å². The molecule has 0 aliphatic rings. The number of hydrogen-bond acceptors (Lipinski definition) is 9. The zero-order valence-corrected chi connectivity index (χ0v) is 31.0. The summed E-state index contributed by atoms with van der Waals surface area (Å²) < 4.78 is 53.4. The summed E-state index contributed by atoms with van der Waals surface area (Å²) in [6.45, 7) is 8.87. The number of rotatable bonds is 19. The Morgan fingerprint density at radius 1 is 0.673 bits per heavy atom. The standard InChI is InChI=1S/C22H24FNO5.C20H22FNO4/c1-4-6-19(16-7-5-8-17(23)13-16)22(26)24-18-9-10-20(27-3)21(14-18)29-12-11-28-15(2)25;1-3-5-17(14-6-4-7-15(21)12-14)20(24)22-16-8-9-18(25-2)19(13-16)26-11-10-23/h4-5,7-10,13-14,19H,1,6,11-12H2,2-3H3,(H,24,26);3-4,6-9,12-13,17,23H,1,5,10-11H2,2H3,(H,22,24). The maximum absolute atomic E-state index is 13.6. The van der Waals surface area contributed by atoms with Crippen LogP contribution >= 0.6 is 0 Å². The van der Waals surface area contributed by atoms with Gasteiger partial charge in [0.25, 0.3) is 0 Å². The van der Waals surface area contributed by atoms with E-state index in [1.54, 1.807) is 72.8 Å². The number of carbonyl (C=O) groups excluding carboxylic acids is 3. The van der Waals surface area contributed by atoms with Gasteiger partial charge in [0.2, 0.25) is 11.8 Å². The van der Waals surface area contributed by atoms with Gasteiger partial charge in [-0.2, -0.15) is 0 Å². The second-order valence-electron chi connectivity index (χ2n) is 11.7. The highest BCUT2D eigenvalue weighted by Crippen LogP contribution is 2.33. The Kier molecular flexibility index (Phi) is 17.9. The number of amides is 2. The lowest BCUT2D eigenvalue weighted by molar-refractivity contribution is -0.141. The molecule has 0 fully saturated rings. The molecule has 4 aromatic carbocycles. The first-order valence-electron chi connectivity index (χ1n) is 17.2. The van der Waals surface area contributed by atoms with Crippen LogP contribution in [0.25, 0.3) is 0 Å². The number of ether oxygens (including phenoxy) is 5. The Morgan fingerprint density at radius 3 is 1.51 bits per heavy atom. The third kappa shape index (κ3) is 13.9. The fourth-order valence-corrected chi connectivity index (χ4v) is 5.25. The second-order valence-corrected chi connectivity index (χ2v) is 11.7. The van der Waals surface area contributed by atoms with Crippen molar-refractivity contribution in [1.82, 2.24) is 0 Å². The molecular formula is C42H46F2N2O9. The number of halogens is 2. The van der Waals surface area contributed by atoms with E-state index >= 15 is 0 Å². The second kappa shape index (κ2) is 22.8. The molecule has 4 rings (SSSR count). The number of benzene rings is 4. The van der Waals surface area contributed by atoms with Gasteiger partial charge in [-0.15, -0.1) is 13.2 Å². The number of allylic oxidation sites excluding steroid dienone is 2. The molecule has 55 heavy (non-hydrogen) atoms. The lowest BCUT2D eigenvalue weighted by Crippen LogP contribution is -2.21. The van der Waals surface area contributed by atoms with Crippen LogP contribution in [0.2, 0.25) is 0 Å². The Hall–Kier alpha value is -6.21. The molecule has 0 aromatic heterocycles. The van der Waals surface area contributed by atoms with E-state index in [4.69, 9.17) is 28.8 Å². The van der Waals surface area contributed by atoms with Crippen LogP contribution in [0, 0.1) is 11.6 Å². The van der Waals surface area contributed by atoms with Gasteiger partial charge < -0.3 is 39.4 Å². The van der Waals surface area contributed by atoms with Gasteiger partial charge in [-0.05, 0) is 72.5 Å². The summed E-state index contributed by atoms with van der Waals surface area (Å²) in [5.41, 5.74) is 2.14. The zero-order valence-electron chi connectivity index (χ0n) is 31.0. The van der Waals surface area contributed by atoms with Gasteiger partial charge >= 0.3 is 5.97 Å². The number of nitrogens with one attached hydrogen (secondary N) is 2. The molecule has 0 aliphatic carbocycles. The largest absolute Gasteiger partial charge is 0.493 e. The summed E-state index contributed by atoms with van der Waals surface area (Å²) in [6.07, 6.45) is 3.97. The van der Waals surface area contributed by atoms with Crippen molar-refractivity contribution in [2.24, 2.45) is 0 Å². The van der Waals surface area contributed by atoms with E-state index in [9.17, 15) is 23.2 Å². The highest BCUT2D eigenvalue weighted by Gasteiger charge is 2.22. The van der Waals surface area contributed by atoms with Crippen LogP contribution in [0.5, 0.6) is 23.0 Å². The molecule has 0 bridgehead atoms. The molecule has 3 N–H and O–H groups in total. The highest BCUT2D eigenvalue weighted by atomic mass is 19.1. The number of hydrogen-bond donors (Lipinski definition) is 3. The molecular weight excluding hydrogens is 714 g/mol. The summed E-state index contributed by atoms with van der Waals surface area (Å²) in [5, 5.41) is 14.5. The number of aliphatic hydroxyl groups is 1. The van der Waals surface area contributed by atoms with Crippen LogP contribution in [0.4, 0.5) is 20.2 Å². The van der Waals surface area contributed by atoms with Gasteiger partial charge in [0.05, 0.1) is 32.7 Å². The monoisotopic (exact) mass is 760 g/mol. The maximum Gasteiger partial charge on any atom is 0.302 e. The van der Waals surface area contributed by atoms with Crippen LogP contribution in [-0.4, -0.2) is 63.5 Å². The van der Waals surface area contributed by atoms with Gasteiger partial charge in [-0.25, -0.2) is 8.78 Å². The van der Waals surface area contributed by atoms with Crippen molar-refractivity contribution in [3.63, 3.8) is 0 Å². The van der Waals surface area contributed by atoms with E-state index in [0.29, 0.717) is 58.3 Å². The molecule has 0 radical (unpaired) electrons. The van der Waals surface area contributed by atoms with E-state index < -0.39 is 29.4 Å². The van der Waals surface area contributed by atoms with E-state index in [-0.39, 0.29) is 38.2 Å². The summed E-state index contributed by atoms with van der Waals surface area (Å²) in [4.78, 5) is 36.3. The van der Waals surface area contributed by atoms with Gasteiger partial charge in [-0.1, -0.05) is 36.4 Å². The minimum absolute atomic E-state index is 0.0933. The third-order valence-electron chi connectivity index (χ3n) is 7.80. The molecule has 2 atom stereocenters. The normalized spacial score (nSPS) is 11.4. The quantitative estimate of drug-likeness (QED) is 0.0501. The lowest BCUT2D eigenvalue weighted by atomic mass is 9.94. The highest BCUT2D eigenvalue weighted by molar-refractivity contribution is 5.97. The molecule has 2 amide bonds. The fraction of sp³-hybridized carbons (Fsp3) is 0.262. The predicted molar refractivity (Wildman–Crippen MR) is 206 cm³/mol. The molecule has 0 heterocycles. The first kappa shape index (κ1) is 43.2. The Bertz CT molecular complexity index is 1900. The van der Waals surface area contributed by atoms with Gasteiger partial charge in [0.1, 0.15) is 31.5 Å². The number of methoxy groups -OCH3 is 2. The zero-order chi connectivity index (χ0) is 40.2. The van der Waals surface area contributed by atoms with Crippen molar-refractivity contribution in [2.45, 2.75) is 31.6 Å². The summed E-state index contributed by atoms with van der Waals surface area (Å²) >= 11 is 0. The lowest BCUT2D eigenvalue weighted by Gasteiger charge is -2.17. The van der Waals surface area contributed by atoms with Crippen molar-refractivity contribution < 1.29 is 52.0 Å². The minimum Gasteiger partial charge on any atom is -0.493 e. The van der Waals surface area contributed by atoms with Crippen LogP contribution in [0.1, 0.15) is 42.7 Å². The Balaban J connectivity index is 0.000000297. The van der Waals surface area contributed by atoms with Crippen molar-refractivity contribution in [1.29, 1.82) is 0 Å². The first-order chi connectivity index (χ1) is 26.5. The summed E-state index contributed by atoms with van der Waals surface area (Å²) in [7, 11) is 3.00. The maximum atomic E-state index is 13.6. The van der Waals surface area contributed by atoms with E-state index in [1.165, 1.54) is 45.4 Å². The average molecular weight is 761 g/mol. The molecule has 2 unspecified atom stereocenters. The van der Waals surface area contributed by atoms with Crippen LogP contribution in [0.15, 0.2) is 110 Å². The Morgan fingerprint density at radius 2 is 1.13 bits per heavy atom. The van der Waals surface area contributed by atoms with Crippen LogP contribution < -0.4 is 29.6 Å². The number of aliphatic hydroxyl groups excluding tert-OH is 1. The number of anilines is 2. The molecule has 0 saturated heterocycles. The van der Waals surface area contributed by atoms with Crippen molar-refractivity contribution in [3.05, 3.63) is 133 Å². The van der Waals surface area contributed by atoms with Crippen molar-refractivity contribution in [2.75, 3.05) is 51.3 Å². The average Bonchev–Trinajstić information content (AvgIpc) is 3.17. The van der Waals surface area contributed by atoms with Gasteiger partial charge in [-0.3, -0.25) is 14.4 Å². The van der Waals surface area contributed by atoms with E-state index in [1.807, 2.05) is 0 Å². The van der Waals surface area contributed by atoms with Gasteiger partial charge in [0, 0.05) is 30.4 Å². The number of esters is 1. The smallest absolute Gasteiger partial charge is 0.302 e. The summed E-state index contributed by atoms with van der Waals surface area (Å²) in [6, 6.07) is 21.8. The molecule has 0 saturated carbocycles. The van der Waals surface area contributed by atoms with E-state index in [0.717, 1.165) is 0 Å². The van der Waals surface area contributed by atoms with Gasteiger partial charge in [0.15, 0.2) is 23.0 Å². The molecule has 4 aromatic rings. The molecule has 11 nitrogen and oxygen atoms in total. The van der Waals surface area contributed by atoms with E-state index in [2.05, 4.69) is 23.8 Å². The summed E-state index contributed by atoms with van der Waals surface area (Å²) in [5.74, 6) is -1.17. The molecule has 13 heteroatoms. The van der Waals surface area contributed by atoms with Crippen LogP contribution in [0.3, 0.4) is 0 Å². The predicted octanol–water partition coefficient (Wildman–Crippen LogP) is 7.58. The fourth-order valence-electron chi connectivity index (χ4n) is 5.25. The van der Waals surface area contributed by atoms with Crippen molar-refractivity contribution in [3.8, 4) is 23.0 Å². The third-order valence-corrected chi connectivity index (χ3v) is 7.80. The molecule has 0 spiro atoms. The minimum atomic E-state index is -0.585. The SMILES string of the molecule is C=CCC(C(=O)Nc1ccc(OC)c(OCCO)c1)c1cccc(F)c1.C=CCC(C(=O)Nc1ccc(OC)c(OCCOC(C)=O)c1)c1cccc(F)c1.